The van der Waals surface area contributed by atoms with Crippen LogP contribution in [0.2, 0.25) is 0 Å². The third-order valence-electron chi connectivity index (χ3n) is 4.05. The molecule has 1 aromatic carbocycles. The van der Waals surface area contributed by atoms with Crippen molar-refractivity contribution in [1.29, 1.82) is 0 Å². The summed E-state index contributed by atoms with van der Waals surface area (Å²) < 4.78 is 1.97. The number of para-hydroxylation sites is 2. The summed E-state index contributed by atoms with van der Waals surface area (Å²) in [5.74, 6) is -0.262. The largest absolute Gasteiger partial charge is 0.322 e. The van der Waals surface area contributed by atoms with E-state index in [1.807, 2.05) is 28.8 Å². The number of imidazole rings is 1. The average Bonchev–Trinajstić information content (AvgIpc) is 3.20. The molecule has 1 fully saturated rings. The first-order valence-corrected chi connectivity index (χ1v) is 7.54. The molecule has 2 heterocycles. The minimum Gasteiger partial charge on any atom is -0.307 e. The SMILES string of the molecule is Cc1[nH]nc(C(=O)Nc2nc3ccccc3n2C2CC2)c1[N+](=O)[O-]. The first kappa shape index (κ1) is 14.4. The number of H-pyrrole nitrogens is 1. The lowest BCUT2D eigenvalue weighted by Crippen LogP contribution is -2.17. The van der Waals surface area contributed by atoms with Crippen molar-refractivity contribution in [3.63, 3.8) is 0 Å². The van der Waals surface area contributed by atoms with Crippen molar-refractivity contribution in [3.05, 3.63) is 45.8 Å². The topological polar surface area (TPSA) is 119 Å². The summed E-state index contributed by atoms with van der Waals surface area (Å²) >= 11 is 0. The standard InChI is InChI=1S/C15H14N6O3/c1-8-13(21(23)24)12(19-18-8)14(22)17-15-16-10-4-2-3-5-11(10)20(15)9-6-7-9/h2-5,9H,6-7H2,1H3,(H,18,19)(H,16,17,22). The summed E-state index contributed by atoms with van der Waals surface area (Å²) in [6, 6.07) is 7.89. The quantitative estimate of drug-likeness (QED) is 0.564. The number of rotatable bonds is 4. The maximum Gasteiger partial charge on any atom is 0.322 e. The van der Waals surface area contributed by atoms with Gasteiger partial charge in [0, 0.05) is 6.04 Å². The van der Waals surface area contributed by atoms with Crippen LogP contribution >= 0.6 is 0 Å². The van der Waals surface area contributed by atoms with Crippen LogP contribution in [0.25, 0.3) is 11.0 Å². The number of fused-ring (bicyclic) bond motifs is 1. The van der Waals surface area contributed by atoms with Crippen molar-refractivity contribution < 1.29 is 9.72 Å². The number of aromatic amines is 1. The number of aromatic nitrogens is 4. The molecular formula is C15H14N6O3. The van der Waals surface area contributed by atoms with E-state index in [9.17, 15) is 14.9 Å². The summed E-state index contributed by atoms with van der Waals surface area (Å²) in [5, 5.41) is 20.0. The molecule has 2 aromatic heterocycles. The summed E-state index contributed by atoms with van der Waals surface area (Å²) in [5.41, 5.74) is 1.38. The van der Waals surface area contributed by atoms with Gasteiger partial charge >= 0.3 is 5.69 Å². The molecule has 9 nitrogen and oxygen atoms in total. The van der Waals surface area contributed by atoms with E-state index in [-0.39, 0.29) is 17.1 Å². The van der Waals surface area contributed by atoms with Crippen LogP contribution in [0.4, 0.5) is 11.6 Å². The Kier molecular flexibility index (Phi) is 3.08. The van der Waals surface area contributed by atoms with Gasteiger partial charge in [-0.05, 0) is 31.9 Å². The molecule has 0 aliphatic heterocycles. The van der Waals surface area contributed by atoms with Crippen LogP contribution in [-0.4, -0.2) is 30.6 Å². The molecule has 2 N–H and O–H groups in total. The molecule has 0 saturated heterocycles. The minimum absolute atomic E-state index is 0.237. The van der Waals surface area contributed by atoms with E-state index in [0.29, 0.717) is 12.0 Å². The molecule has 4 rings (SSSR count). The van der Waals surface area contributed by atoms with E-state index in [1.54, 1.807) is 0 Å². The highest BCUT2D eigenvalue weighted by molar-refractivity contribution is 6.05. The van der Waals surface area contributed by atoms with Crippen LogP contribution in [0.15, 0.2) is 24.3 Å². The third-order valence-corrected chi connectivity index (χ3v) is 4.05. The number of aryl methyl sites for hydroxylation is 1. The van der Waals surface area contributed by atoms with Gasteiger partial charge in [-0.2, -0.15) is 5.10 Å². The number of hydrogen-bond donors (Lipinski definition) is 2. The average molecular weight is 326 g/mol. The number of carbonyl (C=O) groups is 1. The van der Waals surface area contributed by atoms with Crippen molar-refractivity contribution in [2.45, 2.75) is 25.8 Å². The van der Waals surface area contributed by atoms with Crippen molar-refractivity contribution in [3.8, 4) is 0 Å². The zero-order valence-electron chi connectivity index (χ0n) is 12.8. The Morgan fingerprint density at radius 3 is 2.88 bits per heavy atom. The van der Waals surface area contributed by atoms with E-state index in [1.165, 1.54) is 6.92 Å². The first-order chi connectivity index (χ1) is 11.6. The third kappa shape index (κ3) is 2.21. The van der Waals surface area contributed by atoms with E-state index >= 15 is 0 Å². The molecule has 0 unspecified atom stereocenters. The van der Waals surface area contributed by atoms with Gasteiger partial charge in [-0.3, -0.25) is 25.3 Å². The van der Waals surface area contributed by atoms with Crippen LogP contribution in [0.3, 0.4) is 0 Å². The van der Waals surface area contributed by atoms with Crippen molar-refractivity contribution in [2.24, 2.45) is 0 Å². The molecule has 1 amide bonds. The number of benzene rings is 1. The van der Waals surface area contributed by atoms with Crippen molar-refractivity contribution in [2.75, 3.05) is 5.32 Å². The van der Waals surface area contributed by atoms with E-state index in [2.05, 4.69) is 20.5 Å². The maximum absolute atomic E-state index is 12.5. The zero-order chi connectivity index (χ0) is 16.8. The van der Waals surface area contributed by atoms with Crippen LogP contribution in [0.1, 0.15) is 35.1 Å². The molecule has 1 aliphatic carbocycles. The highest BCUT2D eigenvalue weighted by atomic mass is 16.6. The molecule has 1 saturated carbocycles. The van der Waals surface area contributed by atoms with Gasteiger partial charge in [-0.25, -0.2) is 4.98 Å². The van der Waals surface area contributed by atoms with Gasteiger partial charge in [-0.1, -0.05) is 12.1 Å². The first-order valence-electron chi connectivity index (χ1n) is 7.54. The number of carbonyl (C=O) groups excluding carboxylic acids is 1. The molecule has 1 aliphatic rings. The van der Waals surface area contributed by atoms with Gasteiger partial charge in [-0.15, -0.1) is 0 Å². The highest BCUT2D eigenvalue weighted by Gasteiger charge is 2.31. The lowest BCUT2D eigenvalue weighted by molar-refractivity contribution is -0.385. The molecular weight excluding hydrogens is 312 g/mol. The normalized spacial score (nSPS) is 14.0. The molecule has 0 atom stereocenters. The number of anilines is 1. The minimum atomic E-state index is -0.650. The summed E-state index contributed by atoms with van der Waals surface area (Å²) in [7, 11) is 0. The second kappa shape index (κ2) is 5.15. The molecule has 0 bridgehead atoms. The smallest absolute Gasteiger partial charge is 0.307 e. The molecule has 0 spiro atoms. The number of hydrogen-bond acceptors (Lipinski definition) is 5. The molecule has 9 heteroatoms. The Morgan fingerprint density at radius 1 is 1.42 bits per heavy atom. The lowest BCUT2D eigenvalue weighted by atomic mass is 10.3. The maximum atomic E-state index is 12.5. The second-order valence-corrected chi connectivity index (χ2v) is 5.78. The Hall–Kier alpha value is -3.23. The number of amides is 1. The fourth-order valence-electron chi connectivity index (χ4n) is 2.80. The van der Waals surface area contributed by atoms with Crippen molar-refractivity contribution >= 4 is 28.6 Å². The summed E-state index contributed by atoms with van der Waals surface area (Å²) in [4.78, 5) is 27.4. The van der Waals surface area contributed by atoms with Gasteiger partial charge in [0.25, 0.3) is 5.91 Å². The van der Waals surface area contributed by atoms with E-state index in [0.717, 1.165) is 23.9 Å². The van der Waals surface area contributed by atoms with Gasteiger partial charge in [0.1, 0.15) is 5.69 Å². The predicted molar refractivity (Wildman–Crippen MR) is 85.9 cm³/mol. The summed E-state index contributed by atoms with van der Waals surface area (Å²) in [6.07, 6.45) is 2.04. The fourth-order valence-corrected chi connectivity index (χ4v) is 2.80. The Morgan fingerprint density at radius 2 is 2.17 bits per heavy atom. The Labute approximate surface area is 135 Å². The van der Waals surface area contributed by atoms with Crippen LogP contribution in [0, 0.1) is 17.0 Å². The number of nitro groups is 1. The van der Waals surface area contributed by atoms with Gasteiger partial charge in [0.15, 0.2) is 0 Å². The number of nitrogens with one attached hydrogen (secondary N) is 2. The van der Waals surface area contributed by atoms with Crippen LogP contribution in [-0.2, 0) is 0 Å². The molecule has 0 radical (unpaired) electrons. The lowest BCUT2D eigenvalue weighted by Gasteiger charge is -2.07. The molecule has 3 aromatic rings. The Balaban J connectivity index is 1.73. The molecule has 24 heavy (non-hydrogen) atoms. The fraction of sp³-hybridized carbons (Fsp3) is 0.267. The van der Waals surface area contributed by atoms with Gasteiger partial charge in [0.05, 0.1) is 16.0 Å². The Bertz CT molecular complexity index is 969. The van der Waals surface area contributed by atoms with Crippen molar-refractivity contribution in [1.82, 2.24) is 19.7 Å². The predicted octanol–water partition coefficient (Wildman–Crippen LogP) is 2.56. The molecule has 122 valence electrons. The number of nitrogens with zero attached hydrogens (tertiary/aromatic N) is 4. The van der Waals surface area contributed by atoms with E-state index in [4.69, 9.17) is 0 Å². The van der Waals surface area contributed by atoms with E-state index < -0.39 is 10.8 Å². The van der Waals surface area contributed by atoms with Crippen LogP contribution < -0.4 is 5.32 Å². The zero-order valence-corrected chi connectivity index (χ0v) is 12.8. The second-order valence-electron chi connectivity index (χ2n) is 5.78. The summed E-state index contributed by atoms with van der Waals surface area (Å²) in [6.45, 7) is 1.50. The monoisotopic (exact) mass is 326 g/mol. The van der Waals surface area contributed by atoms with Crippen LogP contribution in [0.5, 0.6) is 0 Å². The highest BCUT2D eigenvalue weighted by Crippen LogP contribution is 2.40. The van der Waals surface area contributed by atoms with Gasteiger partial charge in [0.2, 0.25) is 11.6 Å². The van der Waals surface area contributed by atoms with Gasteiger partial charge < -0.3 is 4.57 Å².